The summed E-state index contributed by atoms with van der Waals surface area (Å²) in [6, 6.07) is 10.1. The van der Waals surface area contributed by atoms with Gasteiger partial charge < -0.3 is 9.64 Å². The first-order chi connectivity index (χ1) is 12.0. The number of carbonyl (C=O) groups is 3. The topological polar surface area (TPSA) is 63.7 Å². The molecule has 0 N–H and O–H groups in total. The van der Waals surface area contributed by atoms with Crippen LogP contribution in [0.1, 0.15) is 38.4 Å². The molecule has 0 atom stereocenters. The van der Waals surface area contributed by atoms with Gasteiger partial charge in [-0.05, 0) is 36.2 Å². The van der Waals surface area contributed by atoms with Crippen LogP contribution in [0.15, 0.2) is 36.4 Å². The Balaban J connectivity index is 1.53. The monoisotopic (exact) mass is 377 g/mol. The average molecular weight is 378 g/mol. The lowest BCUT2D eigenvalue weighted by atomic mass is 10.1. The fourth-order valence-corrected chi connectivity index (χ4v) is 3.55. The van der Waals surface area contributed by atoms with Crippen molar-refractivity contribution in [3.8, 4) is 0 Å². The number of thiophene rings is 1. The first-order valence-electron chi connectivity index (χ1n) is 7.85. The van der Waals surface area contributed by atoms with Gasteiger partial charge in [-0.1, -0.05) is 23.7 Å². The molecule has 1 saturated heterocycles. The Bertz CT molecular complexity index is 800. The van der Waals surface area contributed by atoms with E-state index in [9.17, 15) is 14.4 Å². The van der Waals surface area contributed by atoms with Crippen LogP contribution in [0.4, 0.5) is 0 Å². The number of amides is 1. The SMILES string of the molecule is O=C(OCC(=O)c1ccc(Cl)s1)c1ccc(CN2CCCC2=O)cc1. The standard InChI is InChI=1S/C18H16ClNO4S/c19-16-8-7-15(25-16)14(21)11-24-18(23)13-5-3-12(4-6-13)10-20-9-1-2-17(20)22/h3-8H,1-2,9-11H2. The lowest BCUT2D eigenvalue weighted by molar-refractivity contribution is -0.128. The summed E-state index contributed by atoms with van der Waals surface area (Å²) in [6.45, 7) is 1.00. The molecule has 2 aromatic rings. The van der Waals surface area contributed by atoms with Gasteiger partial charge in [0.05, 0.1) is 14.8 Å². The van der Waals surface area contributed by atoms with Gasteiger partial charge in [0.2, 0.25) is 11.7 Å². The summed E-state index contributed by atoms with van der Waals surface area (Å²) in [5.74, 6) is -0.676. The maximum Gasteiger partial charge on any atom is 0.338 e. The Labute approximate surface area is 154 Å². The molecule has 2 heterocycles. The average Bonchev–Trinajstić information content (AvgIpc) is 3.22. The minimum atomic E-state index is -0.556. The van der Waals surface area contributed by atoms with Crippen molar-refractivity contribution in [2.24, 2.45) is 0 Å². The van der Waals surface area contributed by atoms with Gasteiger partial charge in [0.1, 0.15) is 0 Å². The third-order valence-electron chi connectivity index (χ3n) is 3.92. The first-order valence-corrected chi connectivity index (χ1v) is 9.05. The summed E-state index contributed by atoms with van der Waals surface area (Å²) < 4.78 is 5.57. The third-order valence-corrected chi connectivity index (χ3v) is 5.19. The van der Waals surface area contributed by atoms with Crippen LogP contribution in [0.3, 0.4) is 0 Å². The molecule has 0 radical (unpaired) electrons. The molecular formula is C18H16ClNO4S. The van der Waals surface area contributed by atoms with Crippen molar-refractivity contribution in [1.29, 1.82) is 0 Å². The zero-order chi connectivity index (χ0) is 17.8. The van der Waals surface area contributed by atoms with E-state index >= 15 is 0 Å². The number of halogens is 1. The summed E-state index contributed by atoms with van der Waals surface area (Å²) >= 11 is 6.93. The van der Waals surface area contributed by atoms with Gasteiger partial charge in [0, 0.05) is 19.5 Å². The summed E-state index contributed by atoms with van der Waals surface area (Å²) in [5.41, 5.74) is 1.32. The van der Waals surface area contributed by atoms with E-state index in [1.165, 1.54) is 0 Å². The summed E-state index contributed by atoms with van der Waals surface area (Å²) in [6.07, 6.45) is 1.50. The summed E-state index contributed by atoms with van der Waals surface area (Å²) in [5, 5.41) is 0. The maximum absolute atomic E-state index is 12.0. The second kappa shape index (κ2) is 7.80. The third kappa shape index (κ3) is 4.46. The van der Waals surface area contributed by atoms with Crippen LogP contribution in [-0.4, -0.2) is 35.7 Å². The van der Waals surface area contributed by atoms with Crippen LogP contribution < -0.4 is 0 Å². The minimum Gasteiger partial charge on any atom is -0.454 e. The minimum absolute atomic E-state index is 0.163. The van der Waals surface area contributed by atoms with E-state index in [0.717, 1.165) is 29.9 Å². The van der Waals surface area contributed by atoms with E-state index in [4.69, 9.17) is 16.3 Å². The molecule has 0 saturated carbocycles. The van der Waals surface area contributed by atoms with E-state index < -0.39 is 5.97 Å². The van der Waals surface area contributed by atoms with Gasteiger partial charge in [-0.25, -0.2) is 4.79 Å². The van der Waals surface area contributed by atoms with Crippen molar-refractivity contribution in [3.63, 3.8) is 0 Å². The largest absolute Gasteiger partial charge is 0.454 e. The van der Waals surface area contributed by atoms with E-state index in [0.29, 0.717) is 27.7 Å². The molecule has 0 spiro atoms. The van der Waals surface area contributed by atoms with Gasteiger partial charge in [-0.2, -0.15) is 0 Å². The van der Waals surface area contributed by atoms with Gasteiger partial charge >= 0.3 is 5.97 Å². The van der Waals surface area contributed by atoms with E-state index in [1.54, 1.807) is 41.3 Å². The van der Waals surface area contributed by atoms with Gasteiger partial charge in [0.15, 0.2) is 6.61 Å². The molecule has 25 heavy (non-hydrogen) atoms. The highest BCUT2D eigenvalue weighted by molar-refractivity contribution is 7.18. The Kier molecular flexibility index (Phi) is 5.50. The summed E-state index contributed by atoms with van der Waals surface area (Å²) in [4.78, 5) is 37.8. The Morgan fingerprint density at radius 1 is 1.16 bits per heavy atom. The molecule has 5 nitrogen and oxygen atoms in total. The first kappa shape index (κ1) is 17.6. The highest BCUT2D eigenvalue weighted by Crippen LogP contribution is 2.22. The second-order valence-corrected chi connectivity index (χ2v) is 7.43. The number of ether oxygens (including phenoxy) is 1. The fourth-order valence-electron chi connectivity index (χ4n) is 2.59. The molecular weight excluding hydrogens is 362 g/mol. The number of esters is 1. The molecule has 130 valence electrons. The molecule has 0 bridgehead atoms. The van der Waals surface area contributed by atoms with Crippen molar-refractivity contribution in [2.45, 2.75) is 19.4 Å². The fraction of sp³-hybridized carbons (Fsp3) is 0.278. The van der Waals surface area contributed by atoms with Crippen molar-refractivity contribution >= 4 is 40.6 Å². The highest BCUT2D eigenvalue weighted by atomic mass is 35.5. The van der Waals surface area contributed by atoms with Crippen molar-refractivity contribution in [2.75, 3.05) is 13.2 Å². The van der Waals surface area contributed by atoms with Gasteiger partial charge in [0.25, 0.3) is 0 Å². The number of benzene rings is 1. The van der Waals surface area contributed by atoms with Crippen LogP contribution in [0.2, 0.25) is 4.34 Å². The molecule has 1 aromatic heterocycles. The molecule has 1 aliphatic heterocycles. The Morgan fingerprint density at radius 2 is 1.92 bits per heavy atom. The lowest BCUT2D eigenvalue weighted by Crippen LogP contribution is -2.23. The van der Waals surface area contributed by atoms with Crippen LogP contribution >= 0.6 is 22.9 Å². The molecule has 3 rings (SSSR count). The molecule has 0 unspecified atom stereocenters. The van der Waals surface area contributed by atoms with Crippen LogP contribution in [0.5, 0.6) is 0 Å². The van der Waals surface area contributed by atoms with Crippen molar-refractivity contribution in [3.05, 3.63) is 56.7 Å². The van der Waals surface area contributed by atoms with E-state index in [-0.39, 0.29) is 18.3 Å². The smallest absolute Gasteiger partial charge is 0.338 e. The number of Topliss-reactive ketones (excluding diaryl/α,β-unsaturated/α-hetero) is 1. The molecule has 1 aromatic carbocycles. The summed E-state index contributed by atoms with van der Waals surface area (Å²) in [7, 11) is 0. The van der Waals surface area contributed by atoms with Gasteiger partial charge in [-0.3, -0.25) is 9.59 Å². The zero-order valence-corrected chi connectivity index (χ0v) is 14.9. The van der Waals surface area contributed by atoms with Crippen LogP contribution in [0, 0.1) is 0 Å². The van der Waals surface area contributed by atoms with Crippen LogP contribution in [-0.2, 0) is 16.1 Å². The normalized spacial score (nSPS) is 14.0. The molecule has 1 aliphatic rings. The zero-order valence-electron chi connectivity index (χ0n) is 13.4. The Morgan fingerprint density at radius 3 is 2.52 bits per heavy atom. The number of likely N-dealkylation sites (tertiary alicyclic amines) is 1. The number of rotatable bonds is 6. The van der Waals surface area contributed by atoms with Crippen LogP contribution in [0.25, 0.3) is 0 Å². The number of hydrogen-bond donors (Lipinski definition) is 0. The molecule has 1 fully saturated rings. The predicted molar refractivity (Wildman–Crippen MR) is 95.0 cm³/mol. The quantitative estimate of drug-likeness (QED) is 0.570. The van der Waals surface area contributed by atoms with Crippen molar-refractivity contribution in [1.82, 2.24) is 4.90 Å². The van der Waals surface area contributed by atoms with E-state index in [1.807, 2.05) is 0 Å². The van der Waals surface area contributed by atoms with Crippen molar-refractivity contribution < 1.29 is 19.1 Å². The number of hydrogen-bond acceptors (Lipinski definition) is 5. The maximum atomic E-state index is 12.0. The van der Waals surface area contributed by atoms with Gasteiger partial charge in [-0.15, -0.1) is 11.3 Å². The second-order valence-electron chi connectivity index (χ2n) is 5.72. The predicted octanol–water partition coefficient (Wildman–Crippen LogP) is 3.56. The highest BCUT2D eigenvalue weighted by Gasteiger charge is 2.20. The Hall–Kier alpha value is -2.18. The number of nitrogens with zero attached hydrogens (tertiary/aromatic N) is 1. The number of carbonyl (C=O) groups excluding carboxylic acids is 3. The lowest BCUT2D eigenvalue weighted by Gasteiger charge is -2.15. The van der Waals surface area contributed by atoms with E-state index in [2.05, 4.69) is 0 Å². The molecule has 0 aliphatic carbocycles. The molecule has 7 heteroatoms. The number of ketones is 1. The molecule has 1 amide bonds.